The fourth-order valence-electron chi connectivity index (χ4n) is 1.89. The Morgan fingerprint density at radius 1 is 1.12 bits per heavy atom. The van der Waals surface area contributed by atoms with Crippen LogP contribution in [0.5, 0.6) is 0 Å². The van der Waals surface area contributed by atoms with Crippen LogP contribution in [0.15, 0.2) is 42.5 Å². The lowest BCUT2D eigenvalue weighted by Crippen LogP contribution is -1.90. The molecule has 0 bridgehead atoms. The number of anilines is 1. The summed E-state index contributed by atoms with van der Waals surface area (Å²) in [5.41, 5.74) is 2.16. The highest BCUT2D eigenvalue weighted by molar-refractivity contribution is 6.01. The Hall–Kier alpha value is -2.09. The van der Waals surface area contributed by atoms with Crippen LogP contribution in [-0.4, -0.2) is 12.8 Å². The van der Waals surface area contributed by atoms with E-state index in [0.29, 0.717) is 0 Å². The molecule has 2 rings (SSSR count). The molecule has 0 heterocycles. The van der Waals surface area contributed by atoms with Crippen molar-refractivity contribution in [2.45, 2.75) is 6.92 Å². The normalized spacial score (nSPS) is 10.9. The molecule has 0 spiro atoms. The van der Waals surface area contributed by atoms with E-state index < -0.39 is 0 Å². The maximum atomic E-state index is 11.0. The van der Waals surface area contributed by atoms with Gasteiger partial charge in [-0.1, -0.05) is 36.4 Å². The molecule has 86 valence electrons. The standard InChI is InChI=1S/C15H15NO/c1-11(17)7-8-12-9-10-15(16-2)14-6-4-3-5-13(12)14/h3-10,16H,1-2H3/b8-7+. The van der Waals surface area contributed by atoms with Gasteiger partial charge in [0.05, 0.1) is 0 Å². The monoisotopic (exact) mass is 225 g/mol. The molecule has 0 aliphatic carbocycles. The molecule has 17 heavy (non-hydrogen) atoms. The summed E-state index contributed by atoms with van der Waals surface area (Å²) >= 11 is 0. The van der Waals surface area contributed by atoms with E-state index in [1.807, 2.05) is 37.4 Å². The molecule has 0 atom stereocenters. The first kappa shape index (κ1) is 11.4. The Kier molecular flexibility index (Phi) is 3.24. The summed E-state index contributed by atoms with van der Waals surface area (Å²) in [5, 5.41) is 5.49. The number of ketones is 1. The minimum atomic E-state index is 0.0618. The van der Waals surface area contributed by atoms with Gasteiger partial charge in [-0.05, 0) is 30.0 Å². The van der Waals surface area contributed by atoms with Gasteiger partial charge in [-0.2, -0.15) is 0 Å². The quantitative estimate of drug-likeness (QED) is 0.810. The number of nitrogens with one attached hydrogen (secondary N) is 1. The van der Waals surface area contributed by atoms with Crippen LogP contribution in [0, 0.1) is 0 Å². The number of hydrogen-bond donors (Lipinski definition) is 1. The second kappa shape index (κ2) is 4.83. The molecule has 0 fully saturated rings. The number of carbonyl (C=O) groups excluding carboxylic acids is 1. The molecule has 0 saturated heterocycles. The van der Waals surface area contributed by atoms with Gasteiger partial charge in [0.25, 0.3) is 0 Å². The second-order valence-corrected chi connectivity index (χ2v) is 3.94. The molecule has 0 aromatic heterocycles. The van der Waals surface area contributed by atoms with Crippen LogP contribution in [0.25, 0.3) is 16.8 Å². The van der Waals surface area contributed by atoms with Crippen molar-refractivity contribution in [3.63, 3.8) is 0 Å². The van der Waals surface area contributed by atoms with E-state index in [4.69, 9.17) is 0 Å². The highest BCUT2D eigenvalue weighted by Gasteiger charge is 2.02. The van der Waals surface area contributed by atoms with Crippen LogP contribution in [0.4, 0.5) is 5.69 Å². The Morgan fingerprint density at radius 3 is 2.47 bits per heavy atom. The molecule has 2 aromatic rings. The van der Waals surface area contributed by atoms with E-state index in [0.717, 1.165) is 16.6 Å². The minimum Gasteiger partial charge on any atom is -0.388 e. The van der Waals surface area contributed by atoms with Crippen molar-refractivity contribution in [3.05, 3.63) is 48.0 Å². The molecule has 1 N–H and O–H groups in total. The Bertz CT molecular complexity index is 584. The third kappa shape index (κ3) is 2.36. The predicted molar refractivity (Wildman–Crippen MR) is 73.2 cm³/mol. The first-order chi connectivity index (χ1) is 8.22. The van der Waals surface area contributed by atoms with Gasteiger partial charge in [0, 0.05) is 18.1 Å². The number of rotatable bonds is 3. The predicted octanol–water partition coefficient (Wildman–Crippen LogP) is 3.48. The third-order valence-corrected chi connectivity index (χ3v) is 2.72. The average Bonchev–Trinajstić information content (AvgIpc) is 2.35. The van der Waals surface area contributed by atoms with Crippen molar-refractivity contribution in [2.24, 2.45) is 0 Å². The van der Waals surface area contributed by atoms with Crippen LogP contribution in [0.3, 0.4) is 0 Å². The molecule has 2 aromatic carbocycles. The largest absolute Gasteiger partial charge is 0.388 e. The Morgan fingerprint density at radius 2 is 1.82 bits per heavy atom. The molecule has 0 saturated carbocycles. The summed E-state index contributed by atoms with van der Waals surface area (Å²) in [6, 6.07) is 12.2. The lowest BCUT2D eigenvalue weighted by molar-refractivity contribution is -0.112. The summed E-state index contributed by atoms with van der Waals surface area (Å²) in [7, 11) is 1.91. The molecule has 0 aliphatic rings. The van der Waals surface area contributed by atoms with Gasteiger partial charge in [-0.3, -0.25) is 4.79 Å². The number of carbonyl (C=O) groups is 1. The van der Waals surface area contributed by atoms with E-state index in [-0.39, 0.29) is 5.78 Å². The molecule has 0 aliphatic heterocycles. The zero-order chi connectivity index (χ0) is 12.3. The van der Waals surface area contributed by atoms with Gasteiger partial charge < -0.3 is 5.32 Å². The van der Waals surface area contributed by atoms with Crippen LogP contribution < -0.4 is 5.32 Å². The zero-order valence-corrected chi connectivity index (χ0v) is 10.0. The van der Waals surface area contributed by atoms with Crippen LogP contribution >= 0.6 is 0 Å². The van der Waals surface area contributed by atoms with E-state index in [2.05, 4.69) is 17.4 Å². The van der Waals surface area contributed by atoms with Crippen molar-refractivity contribution in [3.8, 4) is 0 Å². The smallest absolute Gasteiger partial charge is 0.152 e. The maximum Gasteiger partial charge on any atom is 0.152 e. The van der Waals surface area contributed by atoms with Crippen LogP contribution in [-0.2, 0) is 4.79 Å². The van der Waals surface area contributed by atoms with Crippen molar-refractivity contribution < 1.29 is 4.79 Å². The molecular formula is C15H15NO. The Labute approximate surface area is 101 Å². The molecule has 0 amide bonds. The minimum absolute atomic E-state index is 0.0618. The zero-order valence-electron chi connectivity index (χ0n) is 10.0. The van der Waals surface area contributed by atoms with Gasteiger partial charge in [0.15, 0.2) is 5.78 Å². The van der Waals surface area contributed by atoms with Gasteiger partial charge >= 0.3 is 0 Å². The van der Waals surface area contributed by atoms with Gasteiger partial charge in [0.2, 0.25) is 0 Å². The lowest BCUT2D eigenvalue weighted by Gasteiger charge is -2.08. The van der Waals surface area contributed by atoms with Crippen molar-refractivity contribution in [1.82, 2.24) is 0 Å². The van der Waals surface area contributed by atoms with Gasteiger partial charge in [-0.25, -0.2) is 0 Å². The summed E-state index contributed by atoms with van der Waals surface area (Å²) in [5.74, 6) is 0.0618. The van der Waals surface area contributed by atoms with E-state index >= 15 is 0 Å². The van der Waals surface area contributed by atoms with Crippen molar-refractivity contribution >= 4 is 28.3 Å². The summed E-state index contributed by atoms with van der Waals surface area (Å²) in [6.45, 7) is 1.56. The van der Waals surface area contributed by atoms with Crippen molar-refractivity contribution in [1.29, 1.82) is 0 Å². The highest BCUT2D eigenvalue weighted by atomic mass is 16.1. The number of benzene rings is 2. The number of fused-ring (bicyclic) bond motifs is 1. The van der Waals surface area contributed by atoms with Gasteiger partial charge in [-0.15, -0.1) is 0 Å². The van der Waals surface area contributed by atoms with Crippen molar-refractivity contribution in [2.75, 3.05) is 12.4 Å². The molecular weight excluding hydrogens is 210 g/mol. The third-order valence-electron chi connectivity index (χ3n) is 2.72. The molecule has 2 nitrogen and oxygen atoms in total. The van der Waals surface area contributed by atoms with Crippen LogP contribution in [0.1, 0.15) is 12.5 Å². The topological polar surface area (TPSA) is 29.1 Å². The number of allylic oxidation sites excluding steroid dienone is 1. The molecule has 0 unspecified atom stereocenters. The van der Waals surface area contributed by atoms with E-state index in [1.54, 1.807) is 13.0 Å². The first-order valence-corrected chi connectivity index (χ1v) is 5.60. The van der Waals surface area contributed by atoms with E-state index in [9.17, 15) is 4.79 Å². The average molecular weight is 225 g/mol. The highest BCUT2D eigenvalue weighted by Crippen LogP contribution is 2.27. The maximum absolute atomic E-state index is 11.0. The van der Waals surface area contributed by atoms with Gasteiger partial charge in [0.1, 0.15) is 0 Å². The summed E-state index contributed by atoms with van der Waals surface area (Å²) in [4.78, 5) is 11.0. The fourth-order valence-corrected chi connectivity index (χ4v) is 1.89. The fraction of sp³-hybridized carbons (Fsp3) is 0.133. The molecule has 2 heteroatoms. The SMILES string of the molecule is CNc1ccc(/C=C/C(C)=O)c2ccccc12. The molecule has 0 radical (unpaired) electrons. The van der Waals surface area contributed by atoms with Crippen LogP contribution in [0.2, 0.25) is 0 Å². The summed E-state index contributed by atoms with van der Waals surface area (Å²) < 4.78 is 0. The second-order valence-electron chi connectivity index (χ2n) is 3.94. The van der Waals surface area contributed by atoms with E-state index in [1.165, 1.54) is 5.39 Å². The summed E-state index contributed by atoms with van der Waals surface area (Å²) in [6.07, 6.45) is 3.46. The number of hydrogen-bond acceptors (Lipinski definition) is 2. The first-order valence-electron chi connectivity index (χ1n) is 5.60. The Balaban J connectivity index is 2.62. The lowest BCUT2D eigenvalue weighted by atomic mass is 10.0.